The summed E-state index contributed by atoms with van der Waals surface area (Å²) < 4.78 is 10.0. The van der Waals surface area contributed by atoms with Crippen LogP contribution in [0.15, 0.2) is 48.5 Å². The van der Waals surface area contributed by atoms with Crippen LogP contribution in [0.3, 0.4) is 0 Å². The fourth-order valence-electron chi connectivity index (χ4n) is 3.02. The number of para-hydroxylation sites is 1. The molecule has 1 aliphatic rings. The van der Waals surface area contributed by atoms with Gasteiger partial charge in [-0.3, -0.25) is 0 Å². The lowest BCUT2D eigenvalue weighted by Gasteiger charge is -2.35. The van der Waals surface area contributed by atoms with Gasteiger partial charge in [-0.2, -0.15) is 11.8 Å². The maximum atomic E-state index is 13.0. The summed E-state index contributed by atoms with van der Waals surface area (Å²) >= 11 is 1.82. The van der Waals surface area contributed by atoms with Crippen molar-refractivity contribution in [2.45, 2.75) is 6.04 Å². The van der Waals surface area contributed by atoms with Crippen LogP contribution in [0.2, 0.25) is 0 Å². The van der Waals surface area contributed by atoms with Crippen LogP contribution in [0.4, 0.5) is 10.5 Å². The van der Waals surface area contributed by atoms with Crippen LogP contribution in [0.1, 0.15) is 22.0 Å². The number of methoxy groups -OCH3 is 2. The number of hydrogen-bond acceptors (Lipinski definition) is 5. The van der Waals surface area contributed by atoms with Gasteiger partial charge < -0.3 is 19.7 Å². The van der Waals surface area contributed by atoms with Crippen molar-refractivity contribution in [3.05, 3.63) is 59.7 Å². The summed E-state index contributed by atoms with van der Waals surface area (Å²) in [4.78, 5) is 26.7. The summed E-state index contributed by atoms with van der Waals surface area (Å²) in [6, 6.07) is 14.3. The van der Waals surface area contributed by atoms with Gasteiger partial charge in [0.25, 0.3) is 0 Å². The molecule has 1 N–H and O–H groups in total. The Morgan fingerprint density at radius 1 is 1.11 bits per heavy atom. The number of amides is 2. The van der Waals surface area contributed by atoms with Gasteiger partial charge in [-0.1, -0.05) is 24.3 Å². The van der Waals surface area contributed by atoms with Gasteiger partial charge in [-0.05, 0) is 29.8 Å². The SMILES string of the molecule is COC(=O)c1ccccc1NC(=O)N1CCSCC1c1ccc(OC)cc1. The highest BCUT2D eigenvalue weighted by molar-refractivity contribution is 7.99. The molecule has 1 heterocycles. The summed E-state index contributed by atoms with van der Waals surface area (Å²) in [5.74, 6) is 1.99. The van der Waals surface area contributed by atoms with E-state index in [2.05, 4.69) is 5.32 Å². The summed E-state index contributed by atoms with van der Waals surface area (Å²) in [6.45, 7) is 0.633. The molecule has 0 saturated carbocycles. The number of carbonyl (C=O) groups excluding carboxylic acids is 2. The molecule has 2 aromatic rings. The van der Waals surface area contributed by atoms with Crippen molar-refractivity contribution in [3.8, 4) is 5.75 Å². The van der Waals surface area contributed by atoms with Gasteiger partial charge in [-0.15, -0.1) is 0 Å². The number of hydrogen-bond donors (Lipinski definition) is 1. The normalized spacial score (nSPS) is 16.5. The van der Waals surface area contributed by atoms with Crippen molar-refractivity contribution in [1.29, 1.82) is 0 Å². The van der Waals surface area contributed by atoms with Gasteiger partial charge in [-0.25, -0.2) is 9.59 Å². The first kappa shape index (κ1) is 19.1. The Morgan fingerprint density at radius 3 is 2.56 bits per heavy atom. The minimum absolute atomic E-state index is 0.0417. The minimum atomic E-state index is -0.480. The van der Waals surface area contributed by atoms with Gasteiger partial charge in [0.1, 0.15) is 5.75 Å². The van der Waals surface area contributed by atoms with Crippen molar-refractivity contribution in [1.82, 2.24) is 4.90 Å². The van der Waals surface area contributed by atoms with E-state index in [0.717, 1.165) is 22.8 Å². The van der Waals surface area contributed by atoms with Crippen LogP contribution < -0.4 is 10.1 Å². The predicted molar refractivity (Wildman–Crippen MR) is 107 cm³/mol. The van der Waals surface area contributed by atoms with Crippen molar-refractivity contribution in [2.24, 2.45) is 0 Å². The van der Waals surface area contributed by atoms with Gasteiger partial charge >= 0.3 is 12.0 Å². The molecule has 1 fully saturated rings. The van der Waals surface area contributed by atoms with Crippen molar-refractivity contribution >= 4 is 29.4 Å². The quantitative estimate of drug-likeness (QED) is 0.810. The van der Waals surface area contributed by atoms with E-state index in [-0.39, 0.29) is 12.1 Å². The second-order valence-corrected chi connectivity index (χ2v) is 7.17. The van der Waals surface area contributed by atoms with E-state index in [1.54, 1.807) is 31.4 Å². The molecule has 1 unspecified atom stereocenters. The summed E-state index contributed by atoms with van der Waals surface area (Å²) in [5.41, 5.74) is 1.83. The Bertz CT molecular complexity index is 810. The van der Waals surface area contributed by atoms with Crippen LogP contribution >= 0.6 is 11.8 Å². The second kappa shape index (κ2) is 8.81. The average molecular weight is 386 g/mol. The molecule has 142 valence electrons. The Balaban J connectivity index is 1.81. The zero-order chi connectivity index (χ0) is 19.2. The number of thioether (sulfide) groups is 1. The number of nitrogens with zero attached hydrogens (tertiary/aromatic N) is 1. The second-order valence-electron chi connectivity index (χ2n) is 6.02. The predicted octanol–water partition coefficient (Wildman–Crippen LogP) is 3.80. The van der Waals surface area contributed by atoms with E-state index in [4.69, 9.17) is 9.47 Å². The summed E-state index contributed by atoms with van der Waals surface area (Å²) in [7, 11) is 2.95. The first-order valence-electron chi connectivity index (χ1n) is 8.60. The molecule has 27 heavy (non-hydrogen) atoms. The molecule has 1 atom stereocenters. The topological polar surface area (TPSA) is 67.9 Å². The van der Waals surface area contributed by atoms with Crippen molar-refractivity contribution in [2.75, 3.05) is 37.6 Å². The van der Waals surface area contributed by atoms with Crippen LogP contribution in [-0.2, 0) is 4.74 Å². The highest BCUT2D eigenvalue weighted by Gasteiger charge is 2.29. The van der Waals surface area contributed by atoms with Crippen LogP contribution in [0.5, 0.6) is 5.75 Å². The third kappa shape index (κ3) is 4.36. The molecule has 6 nitrogen and oxygen atoms in total. The Kier molecular flexibility index (Phi) is 6.24. The lowest BCUT2D eigenvalue weighted by Crippen LogP contribution is -2.43. The molecule has 1 aliphatic heterocycles. The van der Waals surface area contributed by atoms with E-state index in [1.165, 1.54) is 7.11 Å². The molecule has 3 rings (SSSR count). The molecule has 1 saturated heterocycles. The monoisotopic (exact) mass is 386 g/mol. The number of rotatable bonds is 4. The third-order valence-corrected chi connectivity index (χ3v) is 5.49. The maximum Gasteiger partial charge on any atom is 0.339 e. The van der Waals surface area contributed by atoms with Gasteiger partial charge in [0.15, 0.2) is 0 Å². The fraction of sp³-hybridized carbons (Fsp3) is 0.300. The minimum Gasteiger partial charge on any atom is -0.497 e. The number of urea groups is 1. The molecule has 0 spiro atoms. The zero-order valence-corrected chi connectivity index (χ0v) is 16.1. The number of carbonyl (C=O) groups is 2. The first-order valence-corrected chi connectivity index (χ1v) is 9.76. The van der Waals surface area contributed by atoms with E-state index >= 15 is 0 Å². The Hall–Kier alpha value is -2.67. The van der Waals surface area contributed by atoms with E-state index in [0.29, 0.717) is 17.8 Å². The fourth-order valence-corrected chi connectivity index (χ4v) is 4.10. The number of benzene rings is 2. The molecule has 7 heteroatoms. The highest BCUT2D eigenvalue weighted by Crippen LogP contribution is 2.31. The standard InChI is InChI=1S/C20H22N2O4S/c1-25-15-9-7-14(8-10-15)18-13-27-12-11-22(18)20(24)21-17-6-4-3-5-16(17)19(23)26-2/h3-10,18H,11-13H2,1-2H3,(H,21,24). The maximum absolute atomic E-state index is 13.0. The van der Waals surface area contributed by atoms with Crippen LogP contribution in [0, 0.1) is 0 Å². The van der Waals surface area contributed by atoms with Gasteiger partial charge in [0, 0.05) is 18.1 Å². The van der Waals surface area contributed by atoms with Crippen molar-refractivity contribution in [3.63, 3.8) is 0 Å². The Labute approximate surface area is 162 Å². The smallest absolute Gasteiger partial charge is 0.339 e. The highest BCUT2D eigenvalue weighted by atomic mass is 32.2. The van der Waals surface area contributed by atoms with Crippen molar-refractivity contribution < 1.29 is 19.1 Å². The lowest BCUT2D eigenvalue weighted by atomic mass is 10.1. The molecule has 2 aromatic carbocycles. The lowest BCUT2D eigenvalue weighted by molar-refractivity contribution is 0.0602. The van der Waals surface area contributed by atoms with Gasteiger partial charge in [0.05, 0.1) is 31.5 Å². The van der Waals surface area contributed by atoms with Gasteiger partial charge in [0.2, 0.25) is 0 Å². The van der Waals surface area contributed by atoms with E-state index < -0.39 is 5.97 Å². The average Bonchev–Trinajstić information content (AvgIpc) is 2.73. The largest absolute Gasteiger partial charge is 0.497 e. The molecule has 0 radical (unpaired) electrons. The molecule has 0 aliphatic carbocycles. The van der Waals surface area contributed by atoms with Crippen LogP contribution in [-0.4, -0.2) is 49.2 Å². The Morgan fingerprint density at radius 2 is 1.85 bits per heavy atom. The number of nitrogens with one attached hydrogen (secondary N) is 1. The molecule has 2 amide bonds. The molecular formula is C20H22N2O4S. The summed E-state index contributed by atoms with van der Waals surface area (Å²) in [5, 5.41) is 2.87. The van der Waals surface area contributed by atoms with E-state index in [9.17, 15) is 9.59 Å². The zero-order valence-electron chi connectivity index (χ0n) is 15.3. The van der Waals surface area contributed by atoms with Crippen LogP contribution in [0.25, 0.3) is 0 Å². The summed E-state index contributed by atoms with van der Waals surface area (Å²) in [6.07, 6.45) is 0. The molecular weight excluding hydrogens is 364 g/mol. The number of ether oxygens (including phenoxy) is 2. The third-order valence-electron chi connectivity index (χ3n) is 4.46. The first-order chi connectivity index (χ1) is 13.1. The molecule has 0 bridgehead atoms. The van der Waals surface area contributed by atoms with E-state index in [1.807, 2.05) is 40.9 Å². The number of esters is 1. The number of anilines is 1. The molecule has 0 aromatic heterocycles.